The zero-order valence-corrected chi connectivity index (χ0v) is 18.7. The average Bonchev–Trinajstić information content (AvgIpc) is 3.15. The fourth-order valence-corrected chi connectivity index (χ4v) is 4.72. The van der Waals surface area contributed by atoms with Crippen LogP contribution in [-0.4, -0.2) is 41.2 Å². The molecule has 0 bridgehead atoms. The van der Waals surface area contributed by atoms with Gasteiger partial charge in [-0.05, 0) is 46.5 Å². The van der Waals surface area contributed by atoms with Crippen molar-refractivity contribution >= 4 is 23.2 Å². The van der Waals surface area contributed by atoms with Gasteiger partial charge in [-0.2, -0.15) is 0 Å². The van der Waals surface area contributed by atoms with E-state index in [2.05, 4.69) is 6.58 Å². The van der Waals surface area contributed by atoms with Crippen molar-refractivity contribution in [1.29, 1.82) is 0 Å². The van der Waals surface area contributed by atoms with Crippen LogP contribution in [0, 0.1) is 11.2 Å². The third-order valence-electron chi connectivity index (χ3n) is 5.18. The Kier molecular flexibility index (Phi) is 6.76. The van der Waals surface area contributed by atoms with Crippen molar-refractivity contribution in [3.8, 4) is 0 Å². The van der Waals surface area contributed by atoms with E-state index in [-0.39, 0.29) is 35.6 Å². The Balaban J connectivity index is 1.86. The number of amides is 2. The second-order valence-electron chi connectivity index (χ2n) is 8.89. The number of rotatable bonds is 6. The van der Waals surface area contributed by atoms with Crippen LogP contribution in [0.3, 0.4) is 0 Å². The minimum atomic E-state index is -0.303. The van der Waals surface area contributed by atoms with Gasteiger partial charge in [-0.1, -0.05) is 39.0 Å². The van der Waals surface area contributed by atoms with Crippen LogP contribution in [0.4, 0.5) is 4.39 Å². The average molecular weight is 429 g/mol. The third kappa shape index (κ3) is 5.17. The predicted molar refractivity (Wildman–Crippen MR) is 119 cm³/mol. The van der Waals surface area contributed by atoms with E-state index in [1.807, 2.05) is 37.1 Å². The molecule has 4 nitrogen and oxygen atoms in total. The molecule has 1 aromatic carbocycles. The summed E-state index contributed by atoms with van der Waals surface area (Å²) in [5.74, 6) is -0.462. The Morgan fingerprint density at radius 1 is 1.27 bits per heavy atom. The minimum absolute atomic E-state index is 0.0120. The lowest BCUT2D eigenvalue weighted by Crippen LogP contribution is -2.47. The molecule has 0 spiro atoms. The highest BCUT2D eigenvalue weighted by molar-refractivity contribution is 7.10. The van der Waals surface area contributed by atoms with E-state index in [4.69, 9.17) is 0 Å². The summed E-state index contributed by atoms with van der Waals surface area (Å²) in [4.78, 5) is 30.8. The molecule has 0 saturated carbocycles. The van der Waals surface area contributed by atoms with E-state index < -0.39 is 0 Å². The molecule has 0 N–H and O–H groups in total. The first-order valence-electron chi connectivity index (χ1n) is 10.2. The van der Waals surface area contributed by atoms with Crippen molar-refractivity contribution in [1.82, 2.24) is 9.80 Å². The van der Waals surface area contributed by atoms with Crippen LogP contribution in [-0.2, 0) is 16.0 Å². The van der Waals surface area contributed by atoms with Gasteiger partial charge in [0, 0.05) is 24.4 Å². The maximum Gasteiger partial charge on any atom is 0.243 e. The van der Waals surface area contributed by atoms with Crippen LogP contribution >= 0.6 is 11.3 Å². The highest BCUT2D eigenvalue weighted by Gasteiger charge is 2.34. The van der Waals surface area contributed by atoms with Crippen LogP contribution in [0.15, 0.2) is 48.4 Å². The van der Waals surface area contributed by atoms with Crippen LogP contribution < -0.4 is 0 Å². The van der Waals surface area contributed by atoms with Crippen LogP contribution in [0.5, 0.6) is 0 Å². The Bertz CT molecular complexity index is 914. The molecule has 0 radical (unpaired) electrons. The van der Waals surface area contributed by atoms with Gasteiger partial charge in [0.05, 0.1) is 6.04 Å². The first-order valence-corrected chi connectivity index (χ1v) is 11.1. The monoisotopic (exact) mass is 428 g/mol. The first kappa shape index (κ1) is 22.2. The molecule has 0 unspecified atom stereocenters. The van der Waals surface area contributed by atoms with E-state index in [1.165, 1.54) is 17.0 Å². The fourth-order valence-electron chi connectivity index (χ4n) is 3.82. The van der Waals surface area contributed by atoms with Gasteiger partial charge < -0.3 is 9.80 Å². The zero-order valence-electron chi connectivity index (χ0n) is 17.9. The standard InChI is InChI=1S/C24H29FN2O2S/c1-5-12-26(21(28)15-24(2,3)4)16-22(29)27-13-10-20-19(11-14-30-20)23(27)17-6-8-18(25)9-7-17/h5-9,11,14,23H,1,10,12-13,15-16H2,2-4H3/t23-/m1/s1. The van der Waals surface area contributed by atoms with E-state index in [9.17, 15) is 14.0 Å². The molecule has 3 rings (SSSR count). The number of carbonyl (C=O) groups excluding carboxylic acids is 2. The lowest BCUT2D eigenvalue weighted by atomic mass is 9.91. The highest BCUT2D eigenvalue weighted by Crippen LogP contribution is 2.38. The number of carbonyl (C=O) groups is 2. The summed E-state index contributed by atoms with van der Waals surface area (Å²) < 4.78 is 13.5. The molecule has 0 fully saturated rings. The number of fused-ring (bicyclic) bond motifs is 1. The minimum Gasteiger partial charge on any atom is -0.330 e. The Morgan fingerprint density at radius 2 is 1.97 bits per heavy atom. The van der Waals surface area contributed by atoms with E-state index in [1.54, 1.807) is 34.4 Å². The number of hydrogen-bond acceptors (Lipinski definition) is 3. The van der Waals surface area contributed by atoms with Gasteiger partial charge in [0.1, 0.15) is 12.4 Å². The smallest absolute Gasteiger partial charge is 0.243 e. The molecule has 0 saturated heterocycles. The van der Waals surface area contributed by atoms with Crippen molar-refractivity contribution in [2.75, 3.05) is 19.6 Å². The largest absolute Gasteiger partial charge is 0.330 e. The molecule has 1 aromatic heterocycles. The summed E-state index contributed by atoms with van der Waals surface area (Å²) in [6.45, 7) is 10.7. The van der Waals surface area contributed by atoms with Crippen molar-refractivity contribution in [2.24, 2.45) is 5.41 Å². The van der Waals surface area contributed by atoms with Crippen LogP contribution in [0.25, 0.3) is 0 Å². The predicted octanol–water partition coefficient (Wildman–Crippen LogP) is 4.81. The molecule has 1 aliphatic heterocycles. The third-order valence-corrected chi connectivity index (χ3v) is 6.18. The van der Waals surface area contributed by atoms with Gasteiger partial charge in [0.15, 0.2) is 0 Å². The zero-order chi connectivity index (χ0) is 21.9. The van der Waals surface area contributed by atoms with Gasteiger partial charge in [0.25, 0.3) is 0 Å². The van der Waals surface area contributed by atoms with E-state index in [0.29, 0.717) is 19.5 Å². The van der Waals surface area contributed by atoms with Gasteiger partial charge in [-0.3, -0.25) is 9.59 Å². The Hall–Kier alpha value is -2.47. The van der Waals surface area contributed by atoms with E-state index >= 15 is 0 Å². The van der Waals surface area contributed by atoms with Gasteiger partial charge in [0.2, 0.25) is 11.8 Å². The lowest BCUT2D eigenvalue weighted by Gasteiger charge is -2.37. The highest BCUT2D eigenvalue weighted by atomic mass is 32.1. The second kappa shape index (κ2) is 9.13. The molecule has 0 aliphatic carbocycles. The van der Waals surface area contributed by atoms with E-state index in [0.717, 1.165) is 17.5 Å². The maximum absolute atomic E-state index is 13.5. The summed E-state index contributed by atoms with van der Waals surface area (Å²) in [5, 5.41) is 2.03. The number of benzene rings is 1. The first-order chi connectivity index (χ1) is 14.2. The van der Waals surface area contributed by atoms with Crippen molar-refractivity contribution < 1.29 is 14.0 Å². The fraction of sp³-hybridized carbons (Fsp3) is 0.417. The molecule has 2 aromatic rings. The molecule has 1 aliphatic rings. The second-order valence-corrected chi connectivity index (χ2v) is 9.89. The molecular formula is C24H29FN2O2S. The summed E-state index contributed by atoms with van der Waals surface area (Å²) in [5.41, 5.74) is 1.80. The lowest BCUT2D eigenvalue weighted by molar-refractivity contribution is -0.142. The Labute approximate surface area is 182 Å². The molecule has 6 heteroatoms. The summed E-state index contributed by atoms with van der Waals surface area (Å²) in [7, 11) is 0. The SMILES string of the molecule is C=CCN(CC(=O)N1CCc2sccc2[C@H]1c1ccc(F)cc1)C(=O)CC(C)(C)C. The summed E-state index contributed by atoms with van der Waals surface area (Å²) in [6, 6.07) is 8.10. The molecule has 30 heavy (non-hydrogen) atoms. The van der Waals surface area contributed by atoms with Crippen molar-refractivity contribution in [3.05, 3.63) is 70.2 Å². The maximum atomic E-state index is 13.5. The molecule has 160 valence electrons. The van der Waals surface area contributed by atoms with Gasteiger partial charge in [-0.25, -0.2) is 4.39 Å². The molecule has 2 amide bonds. The normalized spacial score (nSPS) is 16.1. The molecular weight excluding hydrogens is 399 g/mol. The van der Waals surface area contributed by atoms with Crippen LogP contribution in [0.1, 0.15) is 49.2 Å². The van der Waals surface area contributed by atoms with Crippen molar-refractivity contribution in [3.63, 3.8) is 0 Å². The van der Waals surface area contributed by atoms with Gasteiger partial charge >= 0.3 is 0 Å². The number of thiophene rings is 1. The summed E-state index contributed by atoms with van der Waals surface area (Å²) >= 11 is 1.68. The number of hydrogen-bond donors (Lipinski definition) is 0. The number of halogens is 1. The molecule has 2 heterocycles. The quantitative estimate of drug-likeness (QED) is 0.620. The topological polar surface area (TPSA) is 40.6 Å². The van der Waals surface area contributed by atoms with Crippen molar-refractivity contribution in [2.45, 2.75) is 39.7 Å². The Morgan fingerprint density at radius 3 is 2.60 bits per heavy atom. The molecule has 1 atom stereocenters. The number of nitrogens with zero attached hydrogens (tertiary/aromatic N) is 2. The summed E-state index contributed by atoms with van der Waals surface area (Å²) in [6.07, 6.45) is 2.80. The van der Waals surface area contributed by atoms with Crippen LogP contribution in [0.2, 0.25) is 0 Å². The van der Waals surface area contributed by atoms with Gasteiger partial charge in [-0.15, -0.1) is 17.9 Å².